The lowest BCUT2D eigenvalue weighted by molar-refractivity contribution is -0.119. The minimum atomic E-state index is -3.61. The van der Waals surface area contributed by atoms with E-state index in [-0.39, 0.29) is 29.2 Å². The molecule has 1 saturated carbocycles. The molecule has 26 heavy (non-hydrogen) atoms. The van der Waals surface area contributed by atoms with Gasteiger partial charge in [-0.25, -0.2) is 12.7 Å². The smallest absolute Gasteiger partial charge is 0.243 e. The maximum atomic E-state index is 12.6. The first-order valence-electron chi connectivity index (χ1n) is 8.51. The minimum Gasteiger partial charge on any atom is -0.353 e. The van der Waals surface area contributed by atoms with Crippen molar-refractivity contribution in [3.63, 3.8) is 0 Å². The zero-order chi connectivity index (χ0) is 19.3. The van der Waals surface area contributed by atoms with Crippen LogP contribution in [0.5, 0.6) is 0 Å². The summed E-state index contributed by atoms with van der Waals surface area (Å²) in [6, 6.07) is 6.31. The van der Waals surface area contributed by atoms with E-state index in [4.69, 9.17) is 0 Å². The molecule has 0 bridgehead atoms. The van der Waals surface area contributed by atoms with Gasteiger partial charge in [-0.15, -0.1) is 0 Å². The number of hydrogen-bond acceptors (Lipinski definition) is 4. The second-order valence-electron chi connectivity index (χ2n) is 6.34. The molecule has 8 heteroatoms. The van der Waals surface area contributed by atoms with Crippen LogP contribution < -0.4 is 10.2 Å². The summed E-state index contributed by atoms with van der Waals surface area (Å²) in [4.78, 5) is 24.9. The van der Waals surface area contributed by atoms with Gasteiger partial charge in [-0.05, 0) is 49.6 Å². The maximum absolute atomic E-state index is 12.6. The SMILES string of the molecule is C=CC(=O)NCCCN(C)S(=O)(=O)c1ccc(N(C)C(=O)C2CC2)cc1. The number of carbonyl (C=O) groups is 2. The molecule has 1 N–H and O–H groups in total. The number of rotatable bonds is 9. The number of nitrogens with zero attached hydrogens (tertiary/aromatic N) is 2. The number of hydrogen-bond donors (Lipinski definition) is 1. The summed E-state index contributed by atoms with van der Waals surface area (Å²) in [5.41, 5.74) is 0.677. The number of anilines is 1. The third-order valence-corrected chi connectivity index (χ3v) is 6.19. The lowest BCUT2D eigenvalue weighted by atomic mass is 10.2. The Kier molecular flexibility index (Phi) is 6.55. The van der Waals surface area contributed by atoms with E-state index in [1.807, 2.05) is 0 Å². The van der Waals surface area contributed by atoms with Crippen molar-refractivity contribution < 1.29 is 18.0 Å². The molecule has 0 saturated heterocycles. The van der Waals surface area contributed by atoms with Crippen LogP contribution in [0.4, 0.5) is 5.69 Å². The predicted molar refractivity (Wildman–Crippen MR) is 100 cm³/mol. The van der Waals surface area contributed by atoms with E-state index >= 15 is 0 Å². The largest absolute Gasteiger partial charge is 0.353 e. The molecule has 0 radical (unpaired) electrons. The Morgan fingerprint density at radius 3 is 2.38 bits per heavy atom. The standard InChI is InChI=1S/C18H25N3O4S/c1-4-17(22)19-12-5-13-20(2)26(24,25)16-10-8-15(9-11-16)21(3)18(23)14-6-7-14/h4,8-11,14H,1,5-7,12-13H2,2-3H3,(H,19,22). The third kappa shape index (κ3) is 4.92. The number of amides is 2. The highest BCUT2D eigenvalue weighted by molar-refractivity contribution is 7.89. The monoisotopic (exact) mass is 379 g/mol. The van der Waals surface area contributed by atoms with Crippen molar-refractivity contribution in [2.75, 3.05) is 32.1 Å². The summed E-state index contributed by atoms with van der Waals surface area (Å²) in [6.45, 7) is 4.01. The van der Waals surface area contributed by atoms with Crippen LogP contribution in [-0.4, -0.2) is 51.7 Å². The van der Waals surface area contributed by atoms with E-state index in [1.165, 1.54) is 29.6 Å². The average Bonchev–Trinajstić information content (AvgIpc) is 3.48. The molecule has 0 atom stereocenters. The molecule has 1 aliphatic carbocycles. The Labute approximate surface area is 154 Å². The van der Waals surface area contributed by atoms with Crippen molar-refractivity contribution >= 4 is 27.5 Å². The zero-order valence-electron chi connectivity index (χ0n) is 15.1. The van der Waals surface area contributed by atoms with Gasteiger partial charge >= 0.3 is 0 Å². The lowest BCUT2D eigenvalue weighted by Crippen LogP contribution is -2.31. The molecule has 1 fully saturated rings. The fourth-order valence-corrected chi connectivity index (χ4v) is 3.67. The van der Waals surface area contributed by atoms with Gasteiger partial charge in [-0.1, -0.05) is 6.58 Å². The van der Waals surface area contributed by atoms with E-state index in [1.54, 1.807) is 24.1 Å². The molecule has 2 amide bonds. The summed E-state index contributed by atoms with van der Waals surface area (Å²) in [5.74, 6) is -0.105. The summed E-state index contributed by atoms with van der Waals surface area (Å²) >= 11 is 0. The van der Waals surface area contributed by atoms with Gasteiger partial charge in [0.25, 0.3) is 0 Å². The molecular formula is C18H25N3O4S. The molecule has 7 nitrogen and oxygen atoms in total. The summed E-state index contributed by atoms with van der Waals surface area (Å²) in [7, 11) is -0.411. The van der Waals surface area contributed by atoms with Gasteiger partial charge in [0, 0.05) is 38.8 Å². The summed E-state index contributed by atoms with van der Waals surface area (Å²) in [6.07, 6.45) is 3.51. The Morgan fingerprint density at radius 2 is 1.85 bits per heavy atom. The van der Waals surface area contributed by atoms with Gasteiger partial charge in [0.05, 0.1) is 4.90 Å². The first kappa shape index (κ1) is 20.1. The highest BCUT2D eigenvalue weighted by Crippen LogP contribution is 2.32. The molecule has 0 spiro atoms. The van der Waals surface area contributed by atoms with E-state index < -0.39 is 10.0 Å². The second-order valence-corrected chi connectivity index (χ2v) is 8.39. The van der Waals surface area contributed by atoms with Crippen molar-refractivity contribution in [3.8, 4) is 0 Å². The van der Waals surface area contributed by atoms with Crippen molar-refractivity contribution in [3.05, 3.63) is 36.9 Å². The normalized spacial score (nSPS) is 14.1. The Balaban J connectivity index is 1.96. The van der Waals surface area contributed by atoms with Crippen molar-refractivity contribution in [2.24, 2.45) is 5.92 Å². The van der Waals surface area contributed by atoms with Crippen LogP contribution >= 0.6 is 0 Å². The van der Waals surface area contributed by atoms with Crippen molar-refractivity contribution in [2.45, 2.75) is 24.2 Å². The highest BCUT2D eigenvalue weighted by Gasteiger charge is 2.32. The van der Waals surface area contributed by atoms with Gasteiger partial charge in [-0.3, -0.25) is 9.59 Å². The van der Waals surface area contributed by atoms with Gasteiger partial charge in [0.2, 0.25) is 21.8 Å². The number of carbonyl (C=O) groups excluding carboxylic acids is 2. The molecule has 0 unspecified atom stereocenters. The molecule has 1 aromatic rings. The third-order valence-electron chi connectivity index (χ3n) is 4.32. The second kappa shape index (κ2) is 8.46. The van der Waals surface area contributed by atoms with Crippen LogP contribution in [0.25, 0.3) is 0 Å². The Bertz CT molecular complexity index is 770. The van der Waals surface area contributed by atoms with Crippen molar-refractivity contribution in [1.29, 1.82) is 0 Å². The fraction of sp³-hybridized carbons (Fsp3) is 0.444. The Morgan fingerprint density at radius 1 is 1.23 bits per heavy atom. The minimum absolute atomic E-state index is 0.0688. The van der Waals surface area contributed by atoms with E-state index in [2.05, 4.69) is 11.9 Å². The van der Waals surface area contributed by atoms with Crippen molar-refractivity contribution in [1.82, 2.24) is 9.62 Å². The zero-order valence-corrected chi connectivity index (χ0v) is 16.0. The average molecular weight is 379 g/mol. The summed E-state index contributed by atoms with van der Waals surface area (Å²) in [5, 5.41) is 2.61. The first-order chi connectivity index (χ1) is 12.3. The van der Waals surface area contributed by atoms with Gasteiger partial charge in [0.1, 0.15) is 0 Å². The van der Waals surface area contributed by atoms with Crippen LogP contribution in [0, 0.1) is 5.92 Å². The maximum Gasteiger partial charge on any atom is 0.243 e. The van der Waals surface area contributed by atoms with Crippen LogP contribution in [0.15, 0.2) is 41.8 Å². The van der Waals surface area contributed by atoms with E-state index in [0.717, 1.165) is 12.8 Å². The molecule has 0 heterocycles. The number of benzene rings is 1. The van der Waals surface area contributed by atoms with Gasteiger partial charge < -0.3 is 10.2 Å². The molecular weight excluding hydrogens is 354 g/mol. The molecule has 2 rings (SSSR count). The first-order valence-corrected chi connectivity index (χ1v) is 9.95. The number of sulfonamides is 1. The molecule has 1 aliphatic rings. The topological polar surface area (TPSA) is 86.8 Å². The van der Waals surface area contributed by atoms with Crippen LogP contribution in [0.1, 0.15) is 19.3 Å². The van der Waals surface area contributed by atoms with E-state index in [9.17, 15) is 18.0 Å². The summed E-state index contributed by atoms with van der Waals surface area (Å²) < 4.78 is 26.4. The molecule has 1 aromatic carbocycles. The lowest BCUT2D eigenvalue weighted by Gasteiger charge is -2.19. The van der Waals surface area contributed by atoms with Crippen LogP contribution in [-0.2, 0) is 19.6 Å². The molecule has 142 valence electrons. The highest BCUT2D eigenvalue weighted by atomic mass is 32.2. The van der Waals surface area contributed by atoms with Gasteiger partial charge in [0.15, 0.2) is 0 Å². The quantitative estimate of drug-likeness (QED) is 0.519. The molecule has 0 aliphatic heterocycles. The number of nitrogens with one attached hydrogen (secondary N) is 1. The fourth-order valence-electron chi connectivity index (χ4n) is 2.46. The van der Waals surface area contributed by atoms with Crippen LogP contribution in [0.2, 0.25) is 0 Å². The molecule has 0 aromatic heterocycles. The van der Waals surface area contributed by atoms with Gasteiger partial charge in [-0.2, -0.15) is 0 Å². The van der Waals surface area contributed by atoms with E-state index in [0.29, 0.717) is 18.7 Å². The predicted octanol–water partition coefficient (Wildman–Crippen LogP) is 1.37. The van der Waals surface area contributed by atoms with Crippen LogP contribution in [0.3, 0.4) is 0 Å². The Hall–Kier alpha value is -2.19.